The normalized spacial score (nSPS) is 16.0. The summed E-state index contributed by atoms with van der Waals surface area (Å²) in [7, 11) is -2.08. The summed E-state index contributed by atoms with van der Waals surface area (Å²) in [5.41, 5.74) is 1.11. The van der Waals surface area contributed by atoms with E-state index in [1.807, 2.05) is 49.7 Å². The number of hydrogen-bond acceptors (Lipinski definition) is 4. The molecule has 3 rings (SSSR count). The van der Waals surface area contributed by atoms with Crippen LogP contribution in [0.1, 0.15) is 63.8 Å². The summed E-state index contributed by atoms with van der Waals surface area (Å²) in [5, 5.41) is 4.69. The van der Waals surface area contributed by atoms with Crippen molar-refractivity contribution in [1.29, 1.82) is 0 Å². The Balaban J connectivity index is 1.88. The molecule has 0 spiro atoms. The summed E-state index contributed by atoms with van der Waals surface area (Å²) >= 11 is 0. The monoisotopic (exact) mass is 391 g/mol. The molecule has 7 heteroatoms. The first-order valence-electron chi connectivity index (χ1n) is 9.43. The van der Waals surface area contributed by atoms with Gasteiger partial charge in [0, 0.05) is 18.2 Å². The van der Waals surface area contributed by atoms with E-state index < -0.39 is 10.0 Å². The van der Waals surface area contributed by atoms with Crippen molar-refractivity contribution in [2.45, 2.75) is 69.4 Å². The summed E-state index contributed by atoms with van der Waals surface area (Å²) in [6.07, 6.45) is 6.17. The van der Waals surface area contributed by atoms with Gasteiger partial charge in [0.05, 0.1) is 18.8 Å². The molecule has 1 saturated carbocycles. The lowest BCUT2D eigenvalue weighted by atomic mass is 9.92. The summed E-state index contributed by atoms with van der Waals surface area (Å²) in [6, 6.07) is 7.68. The lowest BCUT2D eigenvalue weighted by Gasteiger charge is -2.18. The average molecular weight is 392 g/mol. The number of ether oxygens (including phenoxy) is 1. The van der Waals surface area contributed by atoms with Crippen LogP contribution >= 0.6 is 0 Å². The van der Waals surface area contributed by atoms with E-state index in [2.05, 4.69) is 9.82 Å². The molecule has 0 atom stereocenters. The number of aromatic nitrogens is 2. The van der Waals surface area contributed by atoms with Crippen LogP contribution < -0.4 is 9.46 Å². The molecule has 0 amide bonds. The van der Waals surface area contributed by atoms with Gasteiger partial charge in [-0.25, -0.2) is 13.1 Å². The highest BCUT2D eigenvalue weighted by Crippen LogP contribution is 2.33. The zero-order chi connectivity index (χ0) is 19.7. The van der Waals surface area contributed by atoms with Gasteiger partial charge in [-0.1, -0.05) is 45.7 Å². The largest absolute Gasteiger partial charge is 0.497 e. The minimum absolute atomic E-state index is 0.206. The Morgan fingerprint density at radius 2 is 1.96 bits per heavy atom. The van der Waals surface area contributed by atoms with E-state index >= 15 is 0 Å². The van der Waals surface area contributed by atoms with Crippen LogP contribution in [0.25, 0.3) is 0 Å². The second kappa shape index (κ2) is 7.64. The van der Waals surface area contributed by atoms with E-state index in [-0.39, 0.29) is 16.9 Å². The number of nitrogens with one attached hydrogen (secondary N) is 1. The summed E-state index contributed by atoms with van der Waals surface area (Å²) in [4.78, 5) is 0.282. The number of benzene rings is 1. The van der Waals surface area contributed by atoms with Crippen LogP contribution in [0.15, 0.2) is 35.4 Å². The van der Waals surface area contributed by atoms with E-state index in [1.54, 1.807) is 13.3 Å². The maximum absolute atomic E-state index is 13.1. The van der Waals surface area contributed by atoms with Gasteiger partial charge in [0.25, 0.3) is 0 Å². The van der Waals surface area contributed by atoms with Crippen LogP contribution in [0.2, 0.25) is 0 Å². The van der Waals surface area contributed by atoms with Crippen LogP contribution in [-0.4, -0.2) is 25.3 Å². The number of hydrogen-bond donors (Lipinski definition) is 1. The molecule has 1 heterocycles. The minimum atomic E-state index is -3.67. The highest BCUT2D eigenvalue weighted by molar-refractivity contribution is 7.89. The highest BCUT2D eigenvalue weighted by atomic mass is 32.2. The van der Waals surface area contributed by atoms with Crippen molar-refractivity contribution in [2.75, 3.05) is 7.11 Å². The molecule has 0 bridgehead atoms. The maximum atomic E-state index is 13.1. The number of sulfonamides is 1. The molecule has 2 aromatic rings. The van der Waals surface area contributed by atoms with Gasteiger partial charge in [0.2, 0.25) is 10.0 Å². The van der Waals surface area contributed by atoms with Gasteiger partial charge < -0.3 is 4.74 Å². The molecule has 27 heavy (non-hydrogen) atoms. The smallest absolute Gasteiger partial charge is 0.244 e. The molecule has 1 aliphatic rings. The molecule has 1 aromatic heterocycles. The van der Waals surface area contributed by atoms with Crippen molar-refractivity contribution in [1.82, 2.24) is 14.5 Å². The molecule has 148 valence electrons. The molecular weight excluding hydrogens is 362 g/mol. The molecule has 1 aliphatic carbocycles. The SMILES string of the molecule is COc1cccc(CNS(=O)(=O)c2cn(C3CCCC3)nc2C(C)(C)C)c1. The quantitative estimate of drug-likeness (QED) is 0.813. The van der Waals surface area contributed by atoms with Crippen molar-refractivity contribution >= 4 is 10.0 Å². The molecule has 0 saturated heterocycles. The van der Waals surface area contributed by atoms with Crippen LogP contribution in [0.3, 0.4) is 0 Å². The predicted octanol–water partition coefficient (Wildman–Crippen LogP) is 3.78. The fraction of sp³-hybridized carbons (Fsp3) is 0.550. The molecule has 1 N–H and O–H groups in total. The van der Waals surface area contributed by atoms with Crippen LogP contribution in [0.5, 0.6) is 5.75 Å². The van der Waals surface area contributed by atoms with Crippen molar-refractivity contribution in [3.05, 3.63) is 41.7 Å². The number of methoxy groups -OCH3 is 1. The van der Waals surface area contributed by atoms with E-state index in [0.29, 0.717) is 17.5 Å². The molecule has 1 aromatic carbocycles. The van der Waals surface area contributed by atoms with Crippen molar-refractivity contribution < 1.29 is 13.2 Å². The Morgan fingerprint density at radius 1 is 1.26 bits per heavy atom. The van der Waals surface area contributed by atoms with Crippen LogP contribution in [-0.2, 0) is 22.0 Å². The Hall–Kier alpha value is -1.86. The van der Waals surface area contributed by atoms with Crippen molar-refractivity contribution in [2.24, 2.45) is 0 Å². The number of rotatable bonds is 6. The highest BCUT2D eigenvalue weighted by Gasteiger charge is 2.31. The molecular formula is C20H29N3O3S. The molecule has 1 fully saturated rings. The van der Waals surface area contributed by atoms with Crippen molar-refractivity contribution in [3.8, 4) is 5.75 Å². The average Bonchev–Trinajstić information content (AvgIpc) is 3.29. The fourth-order valence-corrected chi connectivity index (χ4v) is 4.85. The van der Waals surface area contributed by atoms with Gasteiger partial charge in [-0.3, -0.25) is 4.68 Å². The molecule has 0 aliphatic heterocycles. The van der Waals surface area contributed by atoms with E-state index in [1.165, 1.54) is 12.8 Å². The maximum Gasteiger partial charge on any atom is 0.244 e. The summed E-state index contributed by atoms with van der Waals surface area (Å²) < 4.78 is 35.9. The van der Waals surface area contributed by atoms with Crippen LogP contribution in [0.4, 0.5) is 0 Å². The standard InChI is InChI=1S/C20H29N3O3S/c1-20(2,3)19-18(14-23(22-19)16-9-5-6-10-16)27(24,25)21-13-15-8-7-11-17(12-15)26-4/h7-8,11-12,14,16,21H,5-6,9-10,13H2,1-4H3. The fourth-order valence-electron chi connectivity index (χ4n) is 3.49. The van der Waals surface area contributed by atoms with E-state index in [9.17, 15) is 8.42 Å². The second-order valence-corrected chi connectivity index (χ2v) is 9.92. The molecule has 0 radical (unpaired) electrons. The third-order valence-corrected chi connectivity index (χ3v) is 6.40. The zero-order valence-electron chi connectivity index (χ0n) is 16.5. The predicted molar refractivity (Wildman–Crippen MR) is 105 cm³/mol. The summed E-state index contributed by atoms with van der Waals surface area (Å²) in [6.45, 7) is 6.19. The Labute approximate surface area is 162 Å². The lowest BCUT2D eigenvalue weighted by Crippen LogP contribution is -2.26. The van der Waals surface area contributed by atoms with Crippen LogP contribution in [0, 0.1) is 0 Å². The summed E-state index contributed by atoms with van der Waals surface area (Å²) in [5.74, 6) is 0.705. The molecule has 6 nitrogen and oxygen atoms in total. The van der Waals surface area contributed by atoms with Gasteiger partial charge in [-0.15, -0.1) is 0 Å². The van der Waals surface area contributed by atoms with E-state index in [4.69, 9.17) is 4.74 Å². The van der Waals surface area contributed by atoms with E-state index in [0.717, 1.165) is 18.4 Å². The van der Waals surface area contributed by atoms with Gasteiger partial charge in [-0.2, -0.15) is 5.10 Å². The third-order valence-electron chi connectivity index (χ3n) is 5.00. The molecule has 0 unspecified atom stereocenters. The lowest BCUT2D eigenvalue weighted by molar-refractivity contribution is 0.414. The first-order chi connectivity index (χ1) is 12.7. The Morgan fingerprint density at radius 3 is 2.59 bits per heavy atom. The Bertz CT molecular complexity index is 891. The van der Waals surface area contributed by atoms with Gasteiger partial charge >= 0.3 is 0 Å². The first-order valence-corrected chi connectivity index (χ1v) is 10.9. The zero-order valence-corrected chi connectivity index (χ0v) is 17.3. The first kappa shape index (κ1) is 19.9. The topological polar surface area (TPSA) is 73.2 Å². The van der Waals surface area contributed by atoms with Gasteiger partial charge in [0.1, 0.15) is 10.6 Å². The minimum Gasteiger partial charge on any atom is -0.497 e. The van der Waals surface area contributed by atoms with Crippen molar-refractivity contribution in [3.63, 3.8) is 0 Å². The number of nitrogens with zero attached hydrogens (tertiary/aromatic N) is 2. The third kappa shape index (κ3) is 4.52. The van der Waals surface area contributed by atoms with Gasteiger partial charge in [0.15, 0.2) is 0 Å². The Kier molecular flexibility index (Phi) is 5.63. The van der Waals surface area contributed by atoms with Gasteiger partial charge in [-0.05, 0) is 30.5 Å². The second-order valence-electron chi connectivity index (χ2n) is 8.19.